The van der Waals surface area contributed by atoms with Crippen LogP contribution >= 0.6 is 23.2 Å². The Hall–Kier alpha value is -0.770. The van der Waals surface area contributed by atoms with E-state index in [0.717, 1.165) is 0 Å². The first kappa shape index (κ1) is 10.3. The van der Waals surface area contributed by atoms with Crippen molar-refractivity contribution in [3.8, 4) is 0 Å². The number of benzene rings is 1. The van der Waals surface area contributed by atoms with Crippen molar-refractivity contribution in [2.24, 2.45) is 11.5 Å². The molecule has 1 aromatic carbocycles. The smallest absolute Gasteiger partial charge is 0.238 e. The number of carbonyl (C=O) groups excluding carboxylic acids is 1. The summed E-state index contributed by atoms with van der Waals surface area (Å²) in [6.07, 6.45) is 0. The van der Waals surface area contributed by atoms with Crippen molar-refractivity contribution in [1.82, 2.24) is 0 Å². The molecular formula is C8H8Cl2N2O. The lowest BCUT2D eigenvalue weighted by molar-refractivity contribution is -0.119. The number of amides is 1. The summed E-state index contributed by atoms with van der Waals surface area (Å²) in [5.74, 6) is -0.599. The number of rotatable bonds is 2. The molecule has 3 nitrogen and oxygen atoms in total. The zero-order valence-corrected chi connectivity index (χ0v) is 8.14. The highest BCUT2D eigenvalue weighted by Gasteiger charge is 2.12. The molecule has 1 atom stereocenters. The second-order valence-electron chi connectivity index (χ2n) is 2.55. The monoisotopic (exact) mass is 218 g/mol. The molecule has 0 saturated carbocycles. The lowest BCUT2D eigenvalue weighted by atomic mass is 10.1. The van der Waals surface area contributed by atoms with Gasteiger partial charge in [0.05, 0.1) is 10.0 Å². The minimum atomic E-state index is -0.838. The Morgan fingerprint density at radius 3 is 2.38 bits per heavy atom. The Bertz CT molecular complexity index is 341. The first-order valence-corrected chi connectivity index (χ1v) is 4.28. The Kier molecular flexibility index (Phi) is 3.14. The fraction of sp³-hybridized carbons (Fsp3) is 0.125. The van der Waals surface area contributed by atoms with E-state index >= 15 is 0 Å². The van der Waals surface area contributed by atoms with E-state index in [1.165, 1.54) is 6.07 Å². The minimum Gasteiger partial charge on any atom is -0.368 e. The molecule has 0 aromatic heterocycles. The van der Waals surface area contributed by atoms with Crippen LogP contribution in [0.5, 0.6) is 0 Å². The Morgan fingerprint density at radius 2 is 1.92 bits per heavy atom. The predicted octanol–water partition coefficient (Wildman–Crippen LogP) is 1.48. The maximum Gasteiger partial charge on any atom is 0.238 e. The number of halogens is 2. The maximum atomic E-state index is 10.7. The quantitative estimate of drug-likeness (QED) is 0.790. The molecule has 1 rings (SSSR count). The summed E-state index contributed by atoms with van der Waals surface area (Å²) >= 11 is 11.4. The van der Waals surface area contributed by atoms with Crippen molar-refractivity contribution >= 4 is 29.1 Å². The van der Waals surface area contributed by atoms with Gasteiger partial charge in [-0.1, -0.05) is 29.3 Å². The highest BCUT2D eigenvalue weighted by Crippen LogP contribution is 2.24. The second kappa shape index (κ2) is 3.96. The van der Waals surface area contributed by atoms with Gasteiger partial charge in [0, 0.05) is 0 Å². The van der Waals surface area contributed by atoms with Crippen LogP contribution in [0.25, 0.3) is 0 Å². The molecule has 0 spiro atoms. The van der Waals surface area contributed by atoms with Crippen molar-refractivity contribution in [3.63, 3.8) is 0 Å². The standard InChI is InChI=1S/C8H8Cl2N2O/c9-5-2-1-4(3-6(5)10)7(11)8(12)13/h1-3,7H,11H2,(H2,12,13). The van der Waals surface area contributed by atoms with Gasteiger partial charge < -0.3 is 11.5 Å². The summed E-state index contributed by atoms with van der Waals surface area (Å²) in [6, 6.07) is 3.88. The third kappa shape index (κ3) is 2.34. The lowest BCUT2D eigenvalue weighted by Gasteiger charge is -2.08. The Balaban J connectivity index is 3.03. The van der Waals surface area contributed by atoms with Crippen LogP contribution in [0, 0.1) is 0 Å². The van der Waals surface area contributed by atoms with Crippen LogP contribution in [-0.4, -0.2) is 5.91 Å². The first-order valence-electron chi connectivity index (χ1n) is 3.52. The van der Waals surface area contributed by atoms with Crippen molar-refractivity contribution < 1.29 is 4.79 Å². The molecule has 0 heterocycles. The molecule has 0 aliphatic heterocycles. The average Bonchev–Trinajstić information content (AvgIpc) is 2.08. The second-order valence-corrected chi connectivity index (χ2v) is 3.37. The van der Waals surface area contributed by atoms with Gasteiger partial charge in [-0.05, 0) is 17.7 Å². The van der Waals surface area contributed by atoms with Gasteiger partial charge in [0.1, 0.15) is 6.04 Å². The molecule has 0 bridgehead atoms. The summed E-state index contributed by atoms with van der Waals surface area (Å²) in [5, 5.41) is 0.776. The van der Waals surface area contributed by atoms with Gasteiger partial charge in [-0.3, -0.25) is 4.79 Å². The van der Waals surface area contributed by atoms with Gasteiger partial charge in [0.2, 0.25) is 5.91 Å². The van der Waals surface area contributed by atoms with Gasteiger partial charge in [-0.25, -0.2) is 0 Å². The van der Waals surface area contributed by atoms with Crippen LogP contribution in [0.3, 0.4) is 0 Å². The van der Waals surface area contributed by atoms with Crippen LogP contribution in [-0.2, 0) is 4.79 Å². The van der Waals surface area contributed by atoms with Crippen molar-refractivity contribution in [2.45, 2.75) is 6.04 Å². The minimum absolute atomic E-state index is 0.357. The average molecular weight is 219 g/mol. The molecule has 1 unspecified atom stereocenters. The van der Waals surface area contributed by atoms with Gasteiger partial charge in [0.25, 0.3) is 0 Å². The molecule has 0 fully saturated rings. The molecule has 0 saturated heterocycles. The summed E-state index contributed by atoms with van der Waals surface area (Å²) in [7, 11) is 0. The molecule has 13 heavy (non-hydrogen) atoms. The zero-order valence-electron chi connectivity index (χ0n) is 6.63. The number of hydrogen-bond donors (Lipinski definition) is 2. The fourth-order valence-electron chi connectivity index (χ4n) is 0.870. The van der Waals surface area contributed by atoms with Gasteiger partial charge in [-0.2, -0.15) is 0 Å². The third-order valence-electron chi connectivity index (χ3n) is 1.61. The summed E-state index contributed by atoms with van der Waals surface area (Å²) < 4.78 is 0. The molecule has 0 aliphatic rings. The molecule has 1 aromatic rings. The topological polar surface area (TPSA) is 69.1 Å². The van der Waals surface area contributed by atoms with E-state index in [0.29, 0.717) is 15.6 Å². The van der Waals surface area contributed by atoms with E-state index < -0.39 is 11.9 Å². The Labute approximate surface area is 85.6 Å². The summed E-state index contributed by atoms with van der Waals surface area (Å²) in [6.45, 7) is 0. The van der Waals surface area contributed by atoms with E-state index in [1.54, 1.807) is 12.1 Å². The molecule has 0 aliphatic carbocycles. The summed E-state index contributed by atoms with van der Waals surface area (Å²) in [5.41, 5.74) is 11.1. The van der Waals surface area contributed by atoms with Crippen LogP contribution in [0.2, 0.25) is 10.0 Å². The van der Waals surface area contributed by atoms with Gasteiger partial charge in [-0.15, -0.1) is 0 Å². The highest BCUT2D eigenvalue weighted by atomic mass is 35.5. The Morgan fingerprint density at radius 1 is 1.31 bits per heavy atom. The van der Waals surface area contributed by atoms with E-state index in [2.05, 4.69) is 0 Å². The third-order valence-corrected chi connectivity index (χ3v) is 2.35. The van der Waals surface area contributed by atoms with Crippen molar-refractivity contribution in [1.29, 1.82) is 0 Å². The van der Waals surface area contributed by atoms with Crippen molar-refractivity contribution in [3.05, 3.63) is 33.8 Å². The summed E-state index contributed by atoms with van der Waals surface area (Å²) in [4.78, 5) is 10.7. The van der Waals surface area contributed by atoms with E-state index in [-0.39, 0.29) is 0 Å². The largest absolute Gasteiger partial charge is 0.368 e. The van der Waals surface area contributed by atoms with Gasteiger partial charge in [0.15, 0.2) is 0 Å². The number of primary amides is 1. The van der Waals surface area contributed by atoms with Crippen LogP contribution < -0.4 is 11.5 Å². The van der Waals surface area contributed by atoms with E-state index in [9.17, 15) is 4.79 Å². The molecule has 70 valence electrons. The highest BCUT2D eigenvalue weighted by molar-refractivity contribution is 6.42. The van der Waals surface area contributed by atoms with E-state index in [1.807, 2.05) is 0 Å². The SMILES string of the molecule is NC(=O)C(N)c1ccc(Cl)c(Cl)c1. The van der Waals surface area contributed by atoms with E-state index in [4.69, 9.17) is 34.7 Å². The fourth-order valence-corrected chi connectivity index (χ4v) is 1.18. The van der Waals surface area contributed by atoms with Gasteiger partial charge >= 0.3 is 0 Å². The zero-order chi connectivity index (χ0) is 10.0. The maximum absolute atomic E-state index is 10.7. The van der Waals surface area contributed by atoms with Crippen LogP contribution in [0.15, 0.2) is 18.2 Å². The number of hydrogen-bond acceptors (Lipinski definition) is 2. The van der Waals surface area contributed by atoms with Crippen LogP contribution in [0.1, 0.15) is 11.6 Å². The molecular weight excluding hydrogens is 211 g/mol. The molecule has 5 heteroatoms. The molecule has 4 N–H and O–H groups in total. The first-order chi connectivity index (χ1) is 6.02. The van der Waals surface area contributed by atoms with Crippen molar-refractivity contribution in [2.75, 3.05) is 0 Å². The lowest BCUT2D eigenvalue weighted by Crippen LogP contribution is -2.28. The van der Waals surface area contributed by atoms with Crippen LogP contribution in [0.4, 0.5) is 0 Å². The molecule has 0 radical (unpaired) electrons. The number of nitrogens with two attached hydrogens (primary N) is 2. The normalized spacial score (nSPS) is 12.5. The molecule has 1 amide bonds. The predicted molar refractivity (Wildman–Crippen MR) is 52.6 cm³/mol. The number of carbonyl (C=O) groups is 1.